The summed E-state index contributed by atoms with van der Waals surface area (Å²) in [4.78, 5) is 26.9. The predicted octanol–water partition coefficient (Wildman–Crippen LogP) is 2.47. The molecule has 1 amide bonds. The number of benzene rings is 1. The van der Waals surface area contributed by atoms with Crippen LogP contribution in [0, 0.1) is 6.92 Å². The minimum atomic E-state index is -0.213. The van der Waals surface area contributed by atoms with Crippen LogP contribution in [0.1, 0.15) is 29.4 Å². The highest BCUT2D eigenvalue weighted by atomic mass is 16.5. The first-order chi connectivity index (χ1) is 11.6. The van der Waals surface area contributed by atoms with Gasteiger partial charge >= 0.3 is 0 Å². The third-order valence-electron chi connectivity index (χ3n) is 4.42. The first kappa shape index (κ1) is 16.3. The van der Waals surface area contributed by atoms with Gasteiger partial charge in [-0.25, -0.2) is 0 Å². The van der Waals surface area contributed by atoms with Crippen molar-refractivity contribution in [2.24, 2.45) is 0 Å². The number of rotatable bonds is 4. The smallest absolute Gasteiger partial charge is 0.263 e. The number of pyridine rings is 1. The second kappa shape index (κ2) is 6.91. The largest absolute Gasteiger partial charge is 0.489 e. The molecule has 1 unspecified atom stereocenters. The van der Waals surface area contributed by atoms with Crippen LogP contribution in [0.2, 0.25) is 0 Å². The number of aromatic nitrogens is 1. The number of para-hydroxylation sites is 1. The molecule has 1 aliphatic heterocycles. The Labute approximate surface area is 141 Å². The molecule has 1 aromatic carbocycles. The molecule has 0 spiro atoms. The van der Waals surface area contributed by atoms with Gasteiger partial charge in [-0.1, -0.05) is 18.2 Å². The lowest BCUT2D eigenvalue weighted by molar-refractivity contribution is 0.0770. The summed E-state index contributed by atoms with van der Waals surface area (Å²) in [5.74, 6) is 0.599. The summed E-state index contributed by atoms with van der Waals surface area (Å²) < 4.78 is 7.53. The zero-order valence-corrected chi connectivity index (χ0v) is 14.1. The molecule has 1 fully saturated rings. The van der Waals surface area contributed by atoms with Crippen molar-refractivity contribution in [1.82, 2.24) is 9.47 Å². The molecule has 2 heterocycles. The van der Waals surface area contributed by atoms with Crippen molar-refractivity contribution < 1.29 is 9.53 Å². The Morgan fingerprint density at radius 1 is 1.21 bits per heavy atom. The fourth-order valence-electron chi connectivity index (χ4n) is 3.10. The van der Waals surface area contributed by atoms with Crippen molar-refractivity contribution in [2.45, 2.75) is 32.9 Å². The van der Waals surface area contributed by atoms with E-state index >= 15 is 0 Å². The van der Waals surface area contributed by atoms with Gasteiger partial charge in [0.2, 0.25) is 0 Å². The van der Waals surface area contributed by atoms with E-state index in [0.717, 1.165) is 17.9 Å². The lowest BCUT2D eigenvalue weighted by atomic mass is 10.2. The fourth-order valence-corrected chi connectivity index (χ4v) is 3.10. The molecule has 0 aliphatic carbocycles. The van der Waals surface area contributed by atoms with E-state index < -0.39 is 0 Å². The summed E-state index contributed by atoms with van der Waals surface area (Å²) in [7, 11) is 0. The van der Waals surface area contributed by atoms with E-state index in [9.17, 15) is 9.59 Å². The van der Waals surface area contributed by atoms with Gasteiger partial charge in [-0.2, -0.15) is 0 Å². The molecule has 2 aromatic rings. The highest BCUT2D eigenvalue weighted by Crippen LogP contribution is 2.19. The highest BCUT2D eigenvalue weighted by molar-refractivity contribution is 5.94. The second-order valence-electron chi connectivity index (χ2n) is 6.03. The quantitative estimate of drug-likeness (QED) is 0.867. The second-order valence-corrected chi connectivity index (χ2v) is 6.03. The van der Waals surface area contributed by atoms with Crippen LogP contribution in [0.5, 0.6) is 5.75 Å². The highest BCUT2D eigenvalue weighted by Gasteiger charge is 2.29. The van der Waals surface area contributed by atoms with Gasteiger partial charge < -0.3 is 14.2 Å². The number of ether oxygens (including phenoxy) is 1. The minimum absolute atomic E-state index is 0.0322. The lowest BCUT2D eigenvalue weighted by Gasteiger charge is -2.18. The number of aryl methyl sites for hydroxylation is 1. The van der Waals surface area contributed by atoms with Gasteiger partial charge in [0, 0.05) is 25.2 Å². The van der Waals surface area contributed by atoms with Crippen molar-refractivity contribution in [1.29, 1.82) is 0 Å². The third-order valence-corrected chi connectivity index (χ3v) is 4.42. The molecule has 0 saturated carbocycles. The first-order valence-electron chi connectivity index (χ1n) is 8.31. The molecule has 5 heteroatoms. The Balaban J connectivity index is 1.72. The maximum Gasteiger partial charge on any atom is 0.263 e. The summed E-state index contributed by atoms with van der Waals surface area (Å²) in [6.07, 6.45) is 0.740. The summed E-state index contributed by atoms with van der Waals surface area (Å²) in [5, 5.41) is 0. The van der Waals surface area contributed by atoms with E-state index in [-0.39, 0.29) is 23.1 Å². The molecule has 0 N–H and O–H groups in total. The van der Waals surface area contributed by atoms with E-state index in [1.807, 2.05) is 50.2 Å². The number of carbonyl (C=O) groups excluding carboxylic acids is 1. The van der Waals surface area contributed by atoms with E-state index in [4.69, 9.17) is 4.74 Å². The van der Waals surface area contributed by atoms with Gasteiger partial charge in [-0.15, -0.1) is 0 Å². The van der Waals surface area contributed by atoms with Crippen molar-refractivity contribution in [3.05, 3.63) is 64.1 Å². The first-order valence-corrected chi connectivity index (χ1v) is 8.31. The standard InChI is InChI=1S/C19H22N2O3/c1-3-21-14(2)9-10-17(19(21)23)18(22)20-12-11-16(13-20)24-15-7-5-4-6-8-15/h4-10,16H,3,11-13H2,1-2H3. The van der Waals surface area contributed by atoms with Crippen LogP contribution in [0.4, 0.5) is 0 Å². The van der Waals surface area contributed by atoms with Crippen molar-refractivity contribution in [3.8, 4) is 5.75 Å². The number of nitrogens with zero attached hydrogens (tertiary/aromatic N) is 2. The fraction of sp³-hybridized carbons (Fsp3) is 0.368. The Morgan fingerprint density at radius 2 is 1.96 bits per heavy atom. The molecule has 0 radical (unpaired) electrons. The molecular weight excluding hydrogens is 304 g/mol. The lowest BCUT2D eigenvalue weighted by Crippen LogP contribution is -2.36. The zero-order chi connectivity index (χ0) is 17.1. The molecule has 1 atom stereocenters. The SMILES string of the molecule is CCn1c(C)ccc(C(=O)N2CCC(Oc3ccccc3)C2)c1=O. The molecule has 1 aromatic heterocycles. The van der Waals surface area contributed by atoms with Gasteiger partial charge in [0.05, 0.1) is 6.54 Å². The molecule has 1 aliphatic rings. The van der Waals surface area contributed by atoms with Crippen LogP contribution < -0.4 is 10.3 Å². The molecule has 24 heavy (non-hydrogen) atoms. The average Bonchev–Trinajstić information content (AvgIpc) is 3.04. The van der Waals surface area contributed by atoms with Gasteiger partial charge in [0.25, 0.3) is 11.5 Å². The van der Waals surface area contributed by atoms with Crippen LogP contribution in [0.15, 0.2) is 47.3 Å². The summed E-state index contributed by atoms with van der Waals surface area (Å²) in [5.41, 5.74) is 0.892. The van der Waals surface area contributed by atoms with Crippen LogP contribution >= 0.6 is 0 Å². The molecule has 0 bridgehead atoms. The topological polar surface area (TPSA) is 51.5 Å². The number of carbonyl (C=O) groups is 1. The van der Waals surface area contributed by atoms with Crippen LogP contribution in [-0.2, 0) is 6.54 Å². The van der Waals surface area contributed by atoms with Crippen molar-refractivity contribution in [3.63, 3.8) is 0 Å². The summed E-state index contributed by atoms with van der Waals surface area (Å²) >= 11 is 0. The molecule has 126 valence electrons. The number of likely N-dealkylation sites (tertiary alicyclic amines) is 1. The number of amides is 1. The van der Waals surface area contributed by atoms with E-state index in [0.29, 0.717) is 19.6 Å². The maximum atomic E-state index is 12.7. The average molecular weight is 326 g/mol. The van der Waals surface area contributed by atoms with Gasteiger partial charge in [-0.3, -0.25) is 9.59 Å². The molecule has 3 rings (SSSR count). The molecule has 5 nitrogen and oxygen atoms in total. The van der Waals surface area contributed by atoms with E-state index in [1.165, 1.54) is 0 Å². The van der Waals surface area contributed by atoms with Crippen LogP contribution in [-0.4, -0.2) is 34.6 Å². The maximum absolute atomic E-state index is 12.7. The Hall–Kier alpha value is -2.56. The van der Waals surface area contributed by atoms with Crippen LogP contribution in [0.25, 0.3) is 0 Å². The Kier molecular flexibility index (Phi) is 4.69. The molecule has 1 saturated heterocycles. The molecular formula is C19H22N2O3. The normalized spacial score (nSPS) is 17.1. The zero-order valence-electron chi connectivity index (χ0n) is 14.1. The monoisotopic (exact) mass is 326 g/mol. The van der Waals surface area contributed by atoms with Crippen LogP contribution in [0.3, 0.4) is 0 Å². The predicted molar refractivity (Wildman–Crippen MR) is 92.5 cm³/mol. The van der Waals surface area contributed by atoms with E-state index in [1.54, 1.807) is 15.5 Å². The van der Waals surface area contributed by atoms with Crippen molar-refractivity contribution in [2.75, 3.05) is 13.1 Å². The van der Waals surface area contributed by atoms with E-state index in [2.05, 4.69) is 0 Å². The van der Waals surface area contributed by atoms with Gasteiger partial charge in [0.15, 0.2) is 0 Å². The van der Waals surface area contributed by atoms with Gasteiger partial charge in [0.1, 0.15) is 17.4 Å². The number of hydrogen-bond donors (Lipinski definition) is 0. The Bertz CT molecular complexity index is 783. The minimum Gasteiger partial charge on any atom is -0.489 e. The summed E-state index contributed by atoms with van der Waals surface area (Å²) in [6, 6.07) is 13.1. The third kappa shape index (κ3) is 3.20. The number of hydrogen-bond acceptors (Lipinski definition) is 3. The summed E-state index contributed by atoms with van der Waals surface area (Å²) in [6.45, 7) is 5.45. The van der Waals surface area contributed by atoms with Gasteiger partial charge in [-0.05, 0) is 38.1 Å². The Morgan fingerprint density at radius 3 is 2.67 bits per heavy atom. The van der Waals surface area contributed by atoms with Crippen molar-refractivity contribution >= 4 is 5.91 Å².